The number of amides is 1. The van der Waals surface area contributed by atoms with E-state index >= 15 is 0 Å². The first kappa shape index (κ1) is 12.3. The summed E-state index contributed by atoms with van der Waals surface area (Å²) >= 11 is 3.22. The third-order valence-electron chi connectivity index (χ3n) is 2.03. The average molecular weight is 311 g/mol. The predicted molar refractivity (Wildman–Crippen MR) is 65.6 cm³/mol. The Morgan fingerprint density at radius 3 is 2.61 bits per heavy atom. The van der Waals surface area contributed by atoms with E-state index in [9.17, 15) is 9.59 Å². The van der Waals surface area contributed by atoms with Crippen molar-refractivity contribution in [1.82, 2.24) is 4.98 Å². The van der Waals surface area contributed by atoms with Crippen LogP contribution in [0.2, 0.25) is 0 Å². The number of carboxylic acids is 1. The first-order valence-electron chi connectivity index (χ1n) is 4.83. The van der Waals surface area contributed by atoms with E-state index in [-0.39, 0.29) is 11.5 Å². The number of anilines is 1. The van der Waals surface area contributed by atoms with E-state index in [0.717, 1.165) is 0 Å². The summed E-state index contributed by atoms with van der Waals surface area (Å²) in [4.78, 5) is 26.3. The van der Waals surface area contributed by atoms with Crippen LogP contribution in [0.3, 0.4) is 0 Å². The number of carbonyl (C=O) groups is 2. The Balaban J connectivity index is 2.17. The fraction of sp³-hybridized carbons (Fsp3) is 0. The summed E-state index contributed by atoms with van der Waals surface area (Å²) in [5, 5.41) is 11.2. The van der Waals surface area contributed by atoms with E-state index in [0.29, 0.717) is 10.3 Å². The molecule has 1 amide bonds. The van der Waals surface area contributed by atoms with Gasteiger partial charge in [-0.15, -0.1) is 0 Å². The monoisotopic (exact) mass is 310 g/mol. The highest BCUT2D eigenvalue weighted by Gasteiger charge is 2.16. The molecule has 2 heterocycles. The molecule has 7 heteroatoms. The summed E-state index contributed by atoms with van der Waals surface area (Å²) in [6.07, 6.45) is 1.52. The van der Waals surface area contributed by atoms with Crippen LogP contribution in [0.25, 0.3) is 0 Å². The fourth-order valence-corrected chi connectivity index (χ4v) is 1.58. The Hall–Kier alpha value is -2.15. The van der Waals surface area contributed by atoms with Gasteiger partial charge in [0.05, 0.1) is 4.47 Å². The molecule has 18 heavy (non-hydrogen) atoms. The van der Waals surface area contributed by atoms with Crippen LogP contribution in [0.5, 0.6) is 0 Å². The highest BCUT2D eigenvalue weighted by molar-refractivity contribution is 9.10. The zero-order chi connectivity index (χ0) is 13.1. The Morgan fingerprint density at radius 1 is 1.28 bits per heavy atom. The summed E-state index contributed by atoms with van der Waals surface area (Å²) in [6.45, 7) is 0. The number of furan rings is 1. The minimum atomic E-state index is -1.23. The molecule has 2 N–H and O–H groups in total. The first-order valence-corrected chi connectivity index (χ1v) is 5.62. The van der Waals surface area contributed by atoms with Gasteiger partial charge in [0.15, 0.2) is 5.76 Å². The number of aromatic carboxylic acids is 1. The Kier molecular flexibility index (Phi) is 3.42. The van der Waals surface area contributed by atoms with Crippen LogP contribution in [0, 0.1) is 0 Å². The lowest BCUT2D eigenvalue weighted by atomic mass is 10.4. The van der Waals surface area contributed by atoms with Gasteiger partial charge in [-0.1, -0.05) is 0 Å². The van der Waals surface area contributed by atoms with E-state index in [4.69, 9.17) is 9.52 Å². The summed E-state index contributed by atoms with van der Waals surface area (Å²) in [7, 11) is 0. The van der Waals surface area contributed by atoms with E-state index in [2.05, 4.69) is 26.2 Å². The Morgan fingerprint density at radius 2 is 2.00 bits per heavy atom. The van der Waals surface area contributed by atoms with Gasteiger partial charge in [0.25, 0.3) is 5.91 Å². The highest BCUT2D eigenvalue weighted by Crippen LogP contribution is 2.19. The number of hydrogen-bond donors (Lipinski definition) is 2. The van der Waals surface area contributed by atoms with Crippen molar-refractivity contribution < 1.29 is 19.1 Å². The summed E-state index contributed by atoms with van der Waals surface area (Å²) in [5.41, 5.74) is 0. The smallest absolute Gasteiger partial charge is 0.371 e. The summed E-state index contributed by atoms with van der Waals surface area (Å²) in [6, 6.07) is 5.92. The van der Waals surface area contributed by atoms with Crippen LogP contribution in [-0.4, -0.2) is 22.0 Å². The number of carboxylic acid groups (broad SMARTS) is 1. The second-order valence-electron chi connectivity index (χ2n) is 3.26. The first-order chi connectivity index (χ1) is 8.58. The standard InChI is InChI=1S/C11H7BrN2O4/c12-6-2-1-5-13-9(6)14-10(15)7-3-4-8(18-7)11(16)17/h1-5H,(H,16,17)(H,13,14,15). The van der Waals surface area contributed by atoms with Gasteiger partial charge in [-0.25, -0.2) is 9.78 Å². The highest BCUT2D eigenvalue weighted by atomic mass is 79.9. The molecule has 0 radical (unpaired) electrons. The molecule has 2 aromatic rings. The third kappa shape index (κ3) is 2.57. The number of pyridine rings is 1. The topological polar surface area (TPSA) is 92.4 Å². The molecule has 0 aliphatic carbocycles. The average Bonchev–Trinajstić information content (AvgIpc) is 2.81. The van der Waals surface area contributed by atoms with Crippen molar-refractivity contribution in [2.45, 2.75) is 0 Å². The Labute approximate surface area is 110 Å². The van der Waals surface area contributed by atoms with E-state index in [1.807, 2.05) is 0 Å². The molecule has 0 bridgehead atoms. The van der Waals surface area contributed by atoms with Crippen molar-refractivity contribution in [1.29, 1.82) is 0 Å². The number of nitrogens with one attached hydrogen (secondary N) is 1. The molecular formula is C11H7BrN2O4. The molecule has 0 aliphatic heterocycles. The van der Waals surface area contributed by atoms with Gasteiger partial charge in [-0.2, -0.15) is 0 Å². The molecule has 0 saturated heterocycles. The third-order valence-corrected chi connectivity index (χ3v) is 2.67. The van der Waals surface area contributed by atoms with Crippen LogP contribution in [-0.2, 0) is 0 Å². The normalized spacial score (nSPS) is 10.1. The fourth-order valence-electron chi connectivity index (χ4n) is 1.22. The van der Waals surface area contributed by atoms with Crippen molar-refractivity contribution >= 4 is 33.6 Å². The molecule has 0 aromatic carbocycles. The number of rotatable bonds is 3. The maximum Gasteiger partial charge on any atom is 0.371 e. The lowest BCUT2D eigenvalue weighted by Crippen LogP contribution is -2.12. The minimum absolute atomic E-state index is 0.0926. The number of aromatic nitrogens is 1. The molecule has 0 fully saturated rings. The van der Waals surface area contributed by atoms with Gasteiger partial charge in [0.2, 0.25) is 5.76 Å². The summed E-state index contributed by atoms with van der Waals surface area (Å²) < 4.78 is 5.48. The van der Waals surface area contributed by atoms with Crippen molar-refractivity contribution in [3.8, 4) is 0 Å². The van der Waals surface area contributed by atoms with Crippen LogP contribution < -0.4 is 5.32 Å². The van der Waals surface area contributed by atoms with Gasteiger partial charge in [-0.3, -0.25) is 4.79 Å². The number of halogens is 1. The Bertz CT molecular complexity index is 609. The lowest BCUT2D eigenvalue weighted by Gasteiger charge is -2.03. The molecule has 92 valence electrons. The van der Waals surface area contributed by atoms with Crippen molar-refractivity contribution in [2.75, 3.05) is 5.32 Å². The molecular weight excluding hydrogens is 304 g/mol. The number of nitrogens with zero attached hydrogens (tertiary/aromatic N) is 1. The maximum absolute atomic E-state index is 11.7. The van der Waals surface area contributed by atoms with Gasteiger partial charge >= 0.3 is 5.97 Å². The van der Waals surface area contributed by atoms with Gasteiger partial charge in [-0.05, 0) is 40.2 Å². The second-order valence-corrected chi connectivity index (χ2v) is 4.11. The number of carbonyl (C=O) groups excluding carboxylic acids is 1. The van der Waals surface area contributed by atoms with Crippen LogP contribution in [0.15, 0.2) is 39.4 Å². The minimum Gasteiger partial charge on any atom is -0.475 e. The summed E-state index contributed by atoms with van der Waals surface area (Å²) in [5.74, 6) is -1.85. The lowest BCUT2D eigenvalue weighted by molar-refractivity contribution is 0.0660. The van der Waals surface area contributed by atoms with E-state index in [1.165, 1.54) is 18.3 Å². The molecule has 0 spiro atoms. The van der Waals surface area contributed by atoms with Crippen molar-refractivity contribution in [3.63, 3.8) is 0 Å². The van der Waals surface area contributed by atoms with Gasteiger partial charge in [0, 0.05) is 6.20 Å². The van der Waals surface area contributed by atoms with Crippen molar-refractivity contribution in [3.05, 3.63) is 46.5 Å². The van der Waals surface area contributed by atoms with Crippen LogP contribution in [0.1, 0.15) is 21.1 Å². The van der Waals surface area contributed by atoms with Gasteiger partial charge in [0.1, 0.15) is 5.82 Å². The van der Waals surface area contributed by atoms with E-state index < -0.39 is 11.9 Å². The van der Waals surface area contributed by atoms with E-state index in [1.54, 1.807) is 12.1 Å². The largest absolute Gasteiger partial charge is 0.475 e. The molecule has 2 rings (SSSR count). The van der Waals surface area contributed by atoms with Crippen molar-refractivity contribution in [2.24, 2.45) is 0 Å². The van der Waals surface area contributed by atoms with Crippen LogP contribution in [0.4, 0.5) is 5.82 Å². The molecule has 2 aromatic heterocycles. The predicted octanol–water partition coefficient (Wildman–Crippen LogP) is 2.39. The quantitative estimate of drug-likeness (QED) is 0.908. The molecule has 0 atom stereocenters. The SMILES string of the molecule is O=C(O)c1ccc(C(=O)Nc2ncccc2Br)o1. The zero-order valence-corrected chi connectivity index (χ0v) is 10.5. The van der Waals surface area contributed by atoms with Crippen LogP contribution >= 0.6 is 15.9 Å². The molecule has 0 unspecified atom stereocenters. The number of hydrogen-bond acceptors (Lipinski definition) is 4. The molecule has 0 saturated carbocycles. The van der Waals surface area contributed by atoms with Gasteiger partial charge < -0.3 is 14.8 Å². The second kappa shape index (κ2) is 5.01. The zero-order valence-electron chi connectivity index (χ0n) is 8.88. The molecule has 6 nitrogen and oxygen atoms in total. The maximum atomic E-state index is 11.7. The molecule has 0 aliphatic rings.